The first-order chi connectivity index (χ1) is 35.3. The highest BCUT2D eigenvalue weighted by Gasteiger charge is 2.49. The maximum absolute atomic E-state index is 17.2. The molecule has 8 aliphatic rings. The van der Waals surface area contributed by atoms with Crippen LogP contribution in [0.15, 0.2) is 54.7 Å². The van der Waals surface area contributed by atoms with Crippen LogP contribution in [-0.2, 0) is 22.6 Å². The fourth-order valence-electron chi connectivity index (χ4n) is 13.9. The number of piperidine rings is 3. The summed E-state index contributed by atoms with van der Waals surface area (Å²) in [5, 5.41) is 19.2. The molecule has 7 aliphatic heterocycles. The van der Waals surface area contributed by atoms with Crippen molar-refractivity contribution in [2.24, 2.45) is 16.2 Å². The first-order valence-corrected chi connectivity index (χ1v) is 27.0. The molecule has 3 N–H and O–H groups in total. The minimum atomic E-state index is -0.599. The third-order valence-electron chi connectivity index (χ3n) is 18.4. The van der Waals surface area contributed by atoms with Gasteiger partial charge >= 0.3 is 6.01 Å². The first-order valence-electron chi connectivity index (χ1n) is 27.0. The van der Waals surface area contributed by atoms with Gasteiger partial charge in [-0.25, -0.2) is 4.39 Å². The summed E-state index contributed by atoms with van der Waals surface area (Å²) in [6, 6.07) is 15.7. The molecular weight excluding hydrogens is 924 g/mol. The zero-order valence-electron chi connectivity index (χ0n) is 42.2. The molecule has 7 fully saturated rings. The van der Waals surface area contributed by atoms with E-state index in [1.54, 1.807) is 23.2 Å². The van der Waals surface area contributed by atoms with Crippen molar-refractivity contribution in [2.75, 3.05) is 81.9 Å². The van der Waals surface area contributed by atoms with Crippen LogP contribution < -0.4 is 25.2 Å². The molecule has 3 aromatic carbocycles. The largest absolute Gasteiger partial charge is 0.508 e. The number of nitrogens with one attached hydrogen (secondary N) is 2. The lowest BCUT2D eigenvalue weighted by atomic mass is 9.70. The van der Waals surface area contributed by atoms with Crippen LogP contribution in [0.2, 0.25) is 0 Å². The maximum atomic E-state index is 17.2. The topological polar surface area (TPSA) is 160 Å². The van der Waals surface area contributed by atoms with Gasteiger partial charge in [-0.2, -0.15) is 9.97 Å². The summed E-state index contributed by atoms with van der Waals surface area (Å²) in [5.74, 6) is -0.577. The number of fused-ring (bicyclic) bond motifs is 5. The van der Waals surface area contributed by atoms with Crippen LogP contribution in [-0.4, -0.2) is 143 Å². The molecule has 5 aromatic rings. The molecule has 0 radical (unpaired) electrons. The van der Waals surface area contributed by atoms with Crippen molar-refractivity contribution in [3.05, 3.63) is 77.2 Å². The molecule has 1 aliphatic carbocycles. The number of phenolic OH excluding ortho intramolecular Hbond substituents is 1. The average Bonchev–Trinajstić information content (AvgIpc) is 3.96. The number of likely N-dealkylation sites (tertiary alicyclic amines) is 2. The van der Waals surface area contributed by atoms with E-state index in [-0.39, 0.29) is 57.9 Å². The molecule has 13 rings (SSSR count). The zero-order chi connectivity index (χ0) is 49.8. The molecule has 3 unspecified atom stereocenters. The number of piperazine rings is 1. The molecule has 2 bridgehead atoms. The van der Waals surface area contributed by atoms with Crippen LogP contribution >= 0.6 is 0 Å². The van der Waals surface area contributed by atoms with E-state index < -0.39 is 11.9 Å². The molecule has 16 heteroatoms. The van der Waals surface area contributed by atoms with Gasteiger partial charge < -0.3 is 39.7 Å². The number of carbonyl (C=O) groups excluding carboxylic acids is 3. The lowest BCUT2D eigenvalue weighted by Gasteiger charge is -2.57. The van der Waals surface area contributed by atoms with Gasteiger partial charge in [0.05, 0.1) is 12.0 Å². The molecule has 3 atom stereocenters. The van der Waals surface area contributed by atoms with Crippen LogP contribution in [0.1, 0.15) is 99.5 Å². The summed E-state index contributed by atoms with van der Waals surface area (Å²) < 4.78 is 23.8. The minimum absolute atomic E-state index is 0.0193. The van der Waals surface area contributed by atoms with Gasteiger partial charge in [0.1, 0.15) is 28.8 Å². The second-order valence-electron chi connectivity index (χ2n) is 23.7. The van der Waals surface area contributed by atoms with E-state index in [1.165, 1.54) is 0 Å². The van der Waals surface area contributed by atoms with Crippen molar-refractivity contribution in [2.45, 2.75) is 109 Å². The Morgan fingerprint density at radius 3 is 2.37 bits per heavy atom. The number of amides is 3. The number of ether oxygens (including phenoxy) is 1. The zero-order valence-corrected chi connectivity index (χ0v) is 42.2. The van der Waals surface area contributed by atoms with Crippen molar-refractivity contribution >= 4 is 50.9 Å². The van der Waals surface area contributed by atoms with Crippen LogP contribution in [0.25, 0.3) is 32.9 Å². The van der Waals surface area contributed by atoms with E-state index in [0.29, 0.717) is 59.4 Å². The quantitative estimate of drug-likeness (QED) is 0.112. The number of benzene rings is 3. The lowest BCUT2D eigenvalue weighted by molar-refractivity contribution is -0.136. The number of carbonyl (C=O) groups is 3. The Kier molecular flexibility index (Phi) is 11.4. The highest BCUT2D eigenvalue weighted by molar-refractivity contribution is 6.06. The molecule has 1 spiro atoms. The number of aromatic hydroxyl groups is 1. The maximum Gasteiger partial charge on any atom is 0.319 e. The van der Waals surface area contributed by atoms with Crippen LogP contribution in [0.5, 0.6) is 11.8 Å². The third kappa shape index (κ3) is 8.64. The first kappa shape index (κ1) is 46.8. The monoisotopic (exact) mass is 991 g/mol. The number of aryl methyl sites for hydroxylation is 1. The van der Waals surface area contributed by atoms with Gasteiger partial charge in [0.2, 0.25) is 11.8 Å². The SMILES string of the molecule is CCc1cccc2cc(O)cc(-c3ncc4c(N5CC6CCC(C5)N6)nc(OCC5(CN6CCC(C)(CN7CC8(CCN(c9ccc%10c(c9)CN(C9CCC(=O)NC9=O)C%10=O)CC8)C7)CC6)CC5)nc4c3F)c12. The van der Waals surface area contributed by atoms with E-state index in [4.69, 9.17) is 19.7 Å². The van der Waals surface area contributed by atoms with Crippen molar-refractivity contribution in [3.8, 4) is 23.0 Å². The Bertz CT molecular complexity index is 3040. The van der Waals surface area contributed by atoms with Gasteiger partial charge in [-0.3, -0.25) is 24.7 Å². The number of hydrogen-bond acceptors (Lipinski definition) is 13. The van der Waals surface area contributed by atoms with Gasteiger partial charge in [0.15, 0.2) is 5.82 Å². The molecular formula is C57H67FN10O5. The van der Waals surface area contributed by atoms with Crippen molar-refractivity contribution in [1.29, 1.82) is 0 Å². The number of imide groups is 1. The number of phenols is 1. The van der Waals surface area contributed by atoms with Crippen LogP contribution in [0, 0.1) is 22.1 Å². The second-order valence-corrected chi connectivity index (χ2v) is 23.7. The van der Waals surface area contributed by atoms with Crippen molar-refractivity contribution in [3.63, 3.8) is 0 Å². The lowest BCUT2D eigenvalue weighted by Crippen LogP contribution is -2.62. The Labute approximate surface area is 425 Å². The summed E-state index contributed by atoms with van der Waals surface area (Å²) in [7, 11) is 0. The predicted octanol–water partition coefficient (Wildman–Crippen LogP) is 6.82. The summed E-state index contributed by atoms with van der Waals surface area (Å²) in [6.45, 7) is 15.5. The van der Waals surface area contributed by atoms with Crippen LogP contribution in [0.3, 0.4) is 0 Å². The number of halogens is 1. The van der Waals surface area contributed by atoms with Crippen LogP contribution in [0.4, 0.5) is 15.9 Å². The Hall–Kier alpha value is -5.97. The number of nitrogens with zero attached hydrogens (tertiary/aromatic N) is 8. The number of anilines is 2. The fourth-order valence-corrected chi connectivity index (χ4v) is 13.9. The van der Waals surface area contributed by atoms with Gasteiger partial charge in [0.25, 0.3) is 5.91 Å². The molecule has 6 saturated heterocycles. The number of aromatic nitrogens is 3. The highest BCUT2D eigenvalue weighted by atomic mass is 19.1. The van der Waals surface area contributed by atoms with E-state index in [0.717, 1.165) is 151 Å². The summed E-state index contributed by atoms with van der Waals surface area (Å²) in [6.07, 6.45) is 12.1. The van der Waals surface area contributed by atoms with Crippen molar-refractivity contribution < 1.29 is 28.6 Å². The third-order valence-corrected chi connectivity index (χ3v) is 18.4. The molecule has 73 heavy (non-hydrogen) atoms. The van der Waals surface area contributed by atoms with E-state index in [1.807, 2.05) is 24.3 Å². The fraction of sp³-hybridized carbons (Fsp3) is 0.544. The number of hydrogen-bond donors (Lipinski definition) is 3. The van der Waals surface area contributed by atoms with Gasteiger partial charge in [-0.1, -0.05) is 32.0 Å². The molecule has 9 heterocycles. The second kappa shape index (κ2) is 17.9. The smallest absolute Gasteiger partial charge is 0.319 e. The Balaban J connectivity index is 0.629. The predicted molar refractivity (Wildman–Crippen MR) is 277 cm³/mol. The van der Waals surface area contributed by atoms with E-state index >= 15 is 4.39 Å². The molecule has 3 amide bonds. The number of rotatable bonds is 12. The minimum Gasteiger partial charge on any atom is -0.508 e. The number of pyridine rings is 1. The molecule has 1 saturated carbocycles. The van der Waals surface area contributed by atoms with Gasteiger partial charge in [0, 0.05) is 106 Å². The Morgan fingerprint density at radius 1 is 0.849 bits per heavy atom. The van der Waals surface area contributed by atoms with Gasteiger partial charge in [-0.05, 0) is 140 Å². The summed E-state index contributed by atoms with van der Waals surface area (Å²) in [4.78, 5) is 63.9. The Morgan fingerprint density at radius 2 is 1.63 bits per heavy atom. The highest BCUT2D eigenvalue weighted by Crippen LogP contribution is 2.49. The van der Waals surface area contributed by atoms with Crippen molar-refractivity contribution in [1.82, 2.24) is 40.3 Å². The molecule has 2 aromatic heterocycles. The standard InChI is InChI=1S/C57H67FN10O5/c1-3-35-5-4-6-36-24-41(69)25-43(47(35)36)49-48(58)50-44(26-59-49)51(67-28-38-7-8-39(29-67)60-38)63-54(62-50)73-34-57(13-14-57)33-64-19-15-55(2,16-20-64)30-65-31-56(32-65)17-21-66(22-18-56)40-9-10-42-37(23-40)27-68(53(42)72)45-11-12-46(70)61-52(45)71/h4-6,9-10,23-26,38-39,45,60,69H,3,7-8,11-22,27-34H2,1-2H3,(H,61,70,71). The summed E-state index contributed by atoms with van der Waals surface area (Å²) in [5.41, 5.74) is 5.38. The van der Waals surface area contributed by atoms with E-state index in [2.05, 4.69) is 56.2 Å². The molecule has 15 nitrogen and oxygen atoms in total. The summed E-state index contributed by atoms with van der Waals surface area (Å²) >= 11 is 0. The average molecular weight is 991 g/mol. The van der Waals surface area contributed by atoms with Gasteiger partial charge in [-0.15, -0.1) is 0 Å². The normalized spacial score (nSPS) is 25.4. The van der Waals surface area contributed by atoms with E-state index in [9.17, 15) is 19.5 Å². The molecule has 382 valence electrons.